The first-order chi connectivity index (χ1) is 11.1. The van der Waals surface area contributed by atoms with Gasteiger partial charge in [0.15, 0.2) is 0 Å². The minimum absolute atomic E-state index is 0.170. The Kier molecular flexibility index (Phi) is 4.63. The highest BCUT2D eigenvalue weighted by Crippen LogP contribution is 2.33. The quantitative estimate of drug-likeness (QED) is 0.634. The van der Waals surface area contributed by atoms with Crippen molar-refractivity contribution in [1.82, 2.24) is 9.88 Å². The molecule has 1 aromatic carbocycles. The largest absolute Gasteiger partial charge is 0.347 e. The molecule has 3 nitrogen and oxygen atoms in total. The Morgan fingerprint density at radius 3 is 3.00 bits per heavy atom. The Balaban J connectivity index is 2.06. The van der Waals surface area contributed by atoms with E-state index in [9.17, 15) is 9.18 Å². The Bertz CT molecular complexity index is 884. The summed E-state index contributed by atoms with van der Waals surface area (Å²) in [4.78, 5) is 12.4. The van der Waals surface area contributed by atoms with Gasteiger partial charge in [0.25, 0.3) is 5.91 Å². The molecule has 2 heterocycles. The van der Waals surface area contributed by atoms with Gasteiger partial charge in [-0.15, -0.1) is 17.9 Å². The van der Waals surface area contributed by atoms with E-state index in [0.717, 1.165) is 20.3 Å². The van der Waals surface area contributed by atoms with Crippen LogP contribution >= 0.6 is 27.3 Å². The summed E-state index contributed by atoms with van der Waals surface area (Å²) in [7, 11) is 0. The summed E-state index contributed by atoms with van der Waals surface area (Å²) in [5, 5.41) is 4.78. The summed E-state index contributed by atoms with van der Waals surface area (Å²) in [6.07, 6.45) is 1.63. The predicted molar refractivity (Wildman–Crippen MR) is 95.5 cm³/mol. The maximum Gasteiger partial charge on any atom is 0.268 e. The van der Waals surface area contributed by atoms with Gasteiger partial charge >= 0.3 is 0 Å². The molecular weight excluding hydrogens is 379 g/mol. The van der Waals surface area contributed by atoms with Gasteiger partial charge in [-0.1, -0.05) is 18.2 Å². The van der Waals surface area contributed by atoms with Crippen LogP contribution in [0.4, 0.5) is 4.39 Å². The summed E-state index contributed by atoms with van der Waals surface area (Å²) in [5.74, 6) is -0.454. The van der Waals surface area contributed by atoms with E-state index >= 15 is 0 Å². The number of amides is 1. The topological polar surface area (TPSA) is 34.0 Å². The van der Waals surface area contributed by atoms with Crippen molar-refractivity contribution in [2.24, 2.45) is 0 Å². The highest BCUT2D eigenvalue weighted by atomic mass is 79.9. The van der Waals surface area contributed by atoms with Gasteiger partial charge in [0, 0.05) is 18.5 Å². The Morgan fingerprint density at radius 2 is 2.26 bits per heavy atom. The number of carbonyl (C=O) groups excluding carboxylic acids is 1. The first-order valence-corrected chi connectivity index (χ1v) is 8.67. The fourth-order valence-corrected chi connectivity index (χ4v) is 4.15. The third-order valence-electron chi connectivity index (χ3n) is 3.45. The zero-order chi connectivity index (χ0) is 16.4. The van der Waals surface area contributed by atoms with Crippen molar-refractivity contribution >= 4 is 43.4 Å². The maximum absolute atomic E-state index is 13.4. The lowest BCUT2D eigenvalue weighted by Gasteiger charge is -2.11. The number of nitrogens with one attached hydrogen (secondary N) is 1. The van der Waals surface area contributed by atoms with Crippen LogP contribution in [-0.4, -0.2) is 17.0 Å². The minimum Gasteiger partial charge on any atom is -0.347 e. The number of hydrogen-bond donors (Lipinski definition) is 1. The number of nitrogens with zero attached hydrogens (tertiary/aromatic N) is 1. The number of carbonyl (C=O) groups is 1. The van der Waals surface area contributed by atoms with Crippen molar-refractivity contribution in [3.05, 3.63) is 69.9 Å². The second-order valence-corrected chi connectivity index (χ2v) is 6.81. The molecule has 23 heavy (non-hydrogen) atoms. The van der Waals surface area contributed by atoms with Crippen LogP contribution in [0.1, 0.15) is 16.1 Å². The van der Waals surface area contributed by atoms with Crippen molar-refractivity contribution < 1.29 is 9.18 Å². The Hall–Kier alpha value is -1.92. The van der Waals surface area contributed by atoms with Crippen molar-refractivity contribution in [2.45, 2.75) is 6.54 Å². The second-order valence-electron chi connectivity index (χ2n) is 5.04. The average molecular weight is 393 g/mol. The van der Waals surface area contributed by atoms with Crippen LogP contribution in [0.3, 0.4) is 0 Å². The van der Waals surface area contributed by atoms with Gasteiger partial charge in [0.1, 0.15) is 11.5 Å². The van der Waals surface area contributed by atoms with Crippen LogP contribution in [0.2, 0.25) is 0 Å². The van der Waals surface area contributed by atoms with Crippen LogP contribution in [0.5, 0.6) is 0 Å². The summed E-state index contributed by atoms with van der Waals surface area (Å²) in [5.41, 5.74) is 2.31. The van der Waals surface area contributed by atoms with Gasteiger partial charge in [0.2, 0.25) is 0 Å². The van der Waals surface area contributed by atoms with E-state index in [1.165, 1.54) is 12.1 Å². The number of thiophene rings is 1. The van der Waals surface area contributed by atoms with Crippen LogP contribution in [0, 0.1) is 5.82 Å². The number of rotatable bonds is 5. The molecule has 0 saturated heterocycles. The molecule has 1 amide bonds. The fourth-order valence-electron chi connectivity index (χ4n) is 2.46. The van der Waals surface area contributed by atoms with Gasteiger partial charge < -0.3 is 9.88 Å². The zero-order valence-corrected chi connectivity index (χ0v) is 14.6. The molecule has 0 unspecified atom stereocenters. The van der Waals surface area contributed by atoms with Gasteiger partial charge in [-0.05, 0) is 39.7 Å². The van der Waals surface area contributed by atoms with Gasteiger partial charge in [-0.2, -0.15) is 0 Å². The SMILES string of the molecule is C=CCNC(=O)c1cc2scc(Br)c2n1Cc1cccc(F)c1. The number of hydrogen-bond acceptors (Lipinski definition) is 2. The molecule has 1 N–H and O–H groups in total. The van der Waals surface area contributed by atoms with E-state index in [2.05, 4.69) is 27.8 Å². The molecule has 0 radical (unpaired) electrons. The molecule has 0 aliphatic carbocycles. The number of aromatic nitrogens is 1. The van der Waals surface area contributed by atoms with Crippen molar-refractivity contribution in [3.8, 4) is 0 Å². The first kappa shape index (κ1) is 16.0. The molecule has 2 aromatic heterocycles. The third kappa shape index (κ3) is 3.23. The van der Waals surface area contributed by atoms with Crippen molar-refractivity contribution in [2.75, 3.05) is 6.54 Å². The molecule has 0 atom stereocenters. The predicted octanol–water partition coefficient (Wildman–Crippen LogP) is 4.57. The first-order valence-electron chi connectivity index (χ1n) is 7.00. The number of halogens is 2. The number of fused-ring (bicyclic) bond motifs is 1. The normalized spacial score (nSPS) is 10.9. The summed E-state index contributed by atoms with van der Waals surface area (Å²) in [6.45, 7) is 4.43. The van der Waals surface area contributed by atoms with Crippen LogP contribution in [0.15, 0.2) is 52.8 Å². The van der Waals surface area contributed by atoms with E-state index in [0.29, 0.717) is 18.8 Å². The molecular formula is C17H14BrFN2OS. The molecule has 0 saturated carbocycles. The molecule has 0 aliphatic heterocycles. The fraction of sp³-hybridized carbons (Fsp3) is 0.118. The Labute approximate surface area is 145 Å². The summed E-state index contributed by atoms with van der Waals surface area (Å²) in [6, 6.07) is 8.28. The molecule has 0 aliphatic rings. The molecule has 3 aromatic rings. The van der Waals surface area contributed by atoms with E-state index in [4.69, 9.17) is 0 Å². The van der Waals surface area contributed by atoms with E-state index in [1.54, 1.807) is 23.5 Å². The minimum atomic E-state index is -0.284. The molecule has 0 spiro atoms. The van der Waals surface area contributed by atoms with E-state index in [-0.39, 0.29) is 11.7 Å². The molecule has 6 heteroatoms. The zero-order valence-electron chi connectivity index (χ0n) is 12.2. The summed E-state index contributed by atoms with van der Waals surface area (Å²) >= 11 is 5.09. The molecule has 118 valence electrons. The van der Waals surface area contributed by atoms with E-state index < -0.39 is 0 Å². The second kappa shape index (κ2) is 6.68. The highest BCUT2D eigenvalue weighted by Gasteiger charge is 2.18. The van der Waals surface area contributed by atoms with Crippen LogP contribution in [-0.2, 0) is 6.54 Å². The van der Waals surface area contributed by atoms with Crippen LogP contribution < -0.4 is 5.32 Å². The van der Waals surface area contributed by atoms with Crippen LogP contribution in [0.25, 0.3) is 10.2 Å². The third-order valence-corrected chi connectivity index (χ3v) is 5.27. The molecule has 3 rings (SSSR count). The molecule has 0 bridgehead atoms. The van der Waals surface area contributed by atoms with Crippen molar-refractivity contribution in [1.29, 1.82) is 0 Å². The monoisotopic (exact) mass is 392 g/mol. The standard InChI is InChI=1S/C17H14BrFN2OS/c1-2-6-20-17(22)14-8-15-16(13(18)10-23-15)21(14)9-11-4-3-5-12(19)7-11/h2-5,7-8,10H,1,6,9H2,(H,20,22). The van der Waals surface area contributed by atoms with Gasteiger partial charge in [-0.25, -0.2) is 4.39 Å². The smallest absolute Gasteiger partial charge is 0.268 e. The molecule has 0 fully saturated rings. The Morgan fingerprint density at radius 1 is 1.43 bits per heavy atom. The maximum atomic E-state index is 13.4. The average Bonchev–Trinajstić information content (AvgIpc) is 3.06. The van der Waals surface area contributed by atoms with Gasteiger partial charge in [-0.3, -0.25) is 4.79 Å². The number of benzene rings is 1. The van der Waals surface area contributed by atoms with E-state index in [1.807, 2.05) is 22.1 Å². The highest BCUT2D eigenvalue weighted by molar-refractivity contribution is 9.10. The lowest BCUT2D eigenvalue weighted by molar-refractivity contribution is 0.0949. The van der Waals surface area contributed by atoms with Gasteiger partial charge in [0.05, 0.1) is 14.7 Å². The lowest BCUT2D eigenvalue weighted by atomic mass is 10.2. The van der Waals surface area contributed by atoms with Crippen molar-refractivity contribution in [3.63, 3.8) is 0 Å². The summed E-state index contributed by atoms with van der Waals surface area (Å²) < 4.78 is 17.3. The lowest BCUT2D eigenvalue weighted by Crippen LogP contribution is -2.26.